The molecule has 0 radical (unpaired) electrons. The Hall–Kier alpha value is -4.66. The third-order valence-electron chi connectivity index (χ3n) is 6.35. The number of carbonyl (C=O) groups excluding carboxylic acids is 4. The van der Waals surface area contributed by atoms with Gasteiger partial charge in [0.05, 0.1) is 6.54 Å². The van der Waals surface area contributed by atoms with E-state index in [-0.39, 0.29) is 37.3 Å². The molecule has 3 aromatic carbocycles. The molecule has 3 aromatic rings. The predicted octanol–water partition coefficient (Wildman–Crippen LogP) is 4.33. The monoisotopic (exact) mass is 543 g/mol. The van der Waals surface area contributed by atoms with Crippen molar-refractivity contribution in [2.45, 2.75) is 39.0 Å². The Kier molecular flexibility index (Phi) is 9.51. The van der Waals surface area contributed by atoms with Crippen LogP contribution in [0.15, 0.2) is 84.9 Å². The lowest BCUT2D eigenvalue weighted by Gasteiger charge is -2.22. The van der Waals surface area contributed by atoms with E-state index in [0.29, 0.717) is 23.5 Å². The zero-order valence-corrected chi connectivity index (χ0v) is 22.5. The molecule has 1 heterocycles. The number of nitrogens with zero attached hydrogens (tertiary/aromatic N) is 1. The highest BCUT2D eigenvalue weighted by atomic mass is 16.5. The summed E-state index contributed by atoms with van der Waals surface area (Å²) in [4.78, 5) is 52.6. The van der Waals surface area contributed by atoms with Gasteiger partial charge in [-0.25, -0.2) is 4.79 Å². The first-order chi connectivity index (χ1) is 19.3. The summed E-state index contributed by atoms with van der Waals surface area (Å²) < 4.78 is 11.0. The second-order valence-electron chi connectivity index (χ2n) is 10.0. The molecule has 1 fully saturated rings. The summed E-state index contributed by atoms with van der Waals surface area (Å²) in [7, 11) is 0. The summed E-state index contributed by atoms with van der Waals surface area (Å²) in [6, 6.07) is 23.4. The fourth-order valence-electron chi connectivity index (χ4n) is 4.32. The van der Waals surface area contributed by atoms with Crippen molar-refractivity contribution in [2.75, 3.05) is 13.1 Å². The predicted molar refractivity (Wildman–Crippen MR) is 149 cm³/mol. The number of alkyl carbamates (subject to hydrolysis) is 1. The van der Waals surface area contributed by atoms with Gasteiger partial charge in [-0.1, -0.05) is 62.4 Å². The van der Waals surface area contributed by atoms with Gasteiger partial charge in [0.1, 0.15) is 30.2 Å². The highest BCUT2D eigenvalue weighted by molar-refractivity contribution is 6.01. The Morgan fingerprint density at radius 2 is 1.52 bits per heavy atom. The van der Waals surface area contributed by atoms with Gasteiger partial charge in [0.2, 0.25) is 5.91 Å². The van der Waals surface area contributed by atoms with Gasteiger partial charge in [-0.15, -0.1) is 0 Å². The fourth-order valence-corrected chi connectivity index (χ4v) is 4.32. The number of carbonyl (C=O) groups is 4. The highest BCUT2D eigenvalue weighted by Gasteiger charge is 2.36. The Morgan fingerprint density at radius 3 is 2.17 bits per heavy atom. The van der Waals surface area contributed by atoms with Gasteiger partial charge in [-0.2, -0.15) is 0 Å². The number of hydrogen-bond acceptors (Lipinski definition) is 6. The number of ether oxygens (including phenoxy) is 2. The smallest absolute Gasteiger partial charge is 0.408 e. The summed E-state index contributed by atoms with van der Waals surface area (Å²) in [6.45, 7) is 3.84. The average Bonchev–Trinajstić information content (AvgIpc) is 3.32. The molecule has 0 bridgehead atoms. The van der Waals surface area contributed by atoms with Gasteiger partial charge in [-0.3, -0.25) is 14.4 Å². The van der Waals surface area contributed by atoms with Crippen LogP contribution >= 0.6 is 0 Å². The number of amides is 3. The number of nitrogens with one attached hydrogen (secondary N) is 2. The fraction of sp³-hybridized carbons (Fsp3) is 0.290. The molecule has 2 N–H and O–H groups in total. The summed E-state index contributed by atoms with van der Waals surface area (Å²) in [5.74, 6) is 0.256. The lowest BCUT2D eigenvalue weighted by Crippen LogP contribution is -2.52. The molecular weight excluding hydrogens is 510 g/mol. The number of benzene rings is 3. The summed E-state index contributed by atoms with van der Waals surface area (Å²) in [5, 5.41) is 5.33. The van der Waals surface area contributed by atoms with Gasteiger partial charge in [0, 0.05) is 12.1 Å². The van der Waals surface area contributed by atoms with Crippen LogP contribution in [0.1, 0.15) is 36.2 Å². The minimum Gasteiger partial charge on any atom is -0.457 e. The van der Waals surface area contributed by atoms with E-state index >= 15 is 0 Å². The Morgan fingerprint density at radius 1 is 0.900 bits per heavy atom. The third kappa shape index (κ3) is 7.92. The second kappa shape index (κ2) is 13.4. The minimum absolute atomic E-state index is 0.0402. The van der Waals surface area contributed by atoms with Gasteiger partial charge in [-0.05, 0) is 54.3 Å². The second-order valence-corrected chi connectivity index (χ2v) is 10.0. The lowest BCUT2D eigenvalue weighted by atomic mass is 10.0. The first-order valence-corrected chi connectivity index (χ1v) is 13.2. The van der Waals surface area contributed by atoms with E-state index in [1.165, 1.54) is 4.90 Å². The molecule has 3 amide bonds. The van der Waals surface area contributed by atoms with E-state index < -0.39 is 24.1 Å². The summed E-state index contributed by atoms with van der Waals surface area (Å²) in [5.41, 5.74) is 1.22. The average molecular weight is 544 g/mol. The van der Waals surface area contributed by atoms with Crippen LogP contribution < -0.4 is 15.4 Å². The molecule has 1 aliphatic rings. The maximum absolute atomic E-state index is 13.1. The number of likely N-dealkylation sites (tertiary alicyclic amines) is 1. The molecule has 0 saturated carbocycles. The van der Waals surface area contributed by atoms with Crippen molar-refractivity contribution < 1.29 is 28.7 Å². The molecule has 1 unspecified atom stereocenters. The molecule has 1 aliphatic heterocycles. The van der Waals surface area contributed by atoms with Crippen molar-refractivity contribution in [3.05, 3.63) is 96.1 Å². The molecule has 9 heteroatoms. The van der Waals surface area contributed by atoms with E-state index in [0.717, 1.165) is 5.56 Å². The van der Waals surface area contributed by atoms with Crippen LogP contribution in [-0.4, -0.2) is 53.8 Å². The Balaban J connectivity index is 1.31. The van der Waals surface area contributed by atoms with Crippen LogP contribution in [0.5, 0.6) is 11.5 Å². The first-order valence-electron chi connectivity index (χ1n) is 13.2. The van der Waals surface area contributed by atoms with Crippen molar-refractivity contribution in [3.63, 3.8) is 0 Å². The molecule has 0 aromatic heterocycles. The van der Waals surface area contributed by atoms with Crippen molar-refractivity contribution >= 4 is 23.7 Å². The Labute approximate surface area is 233 Å². The van der Waals surface area contributed by atoms with Gasteiger partial charge in [0.25, 0.3) is 5.91 Å². The van der Waals surface area contributed by atoms with Crippen molar-refractivity contribution in [1.29, 1.82) is 0 Å². The van der Waals surface area contributed by atoms with Crippen LogP contribution in [0.4, 0.5) is 4.79 Å². The summed E-state index contributed by atoms with van der Waals surface area (Å²) >= 11 is 0. The van der Waals surface area contributed by atoms with Gasteiger partial charge < -0.3 is 25.0 Å². The standard InChI is InChI=1S/C31H33N3O6/c1-21(2)17-26(33-31(38)39-20-22-9-5-3-6-10-22)29(36)32-27-18-34(19-28(27)35)30(37)23-13-15-25(16-14-23)40-24-11-7-4-8-12-24/h3-16,21,26-27H,17-20H2,1-2H3,(H,32,36)(H,33,38)/t26-,27?/m0/s1. The quantitative estimate of drug-likeness (QED) is 0.394. The van der Waals surface area contributed by atoms with E-state index in [1.54, 1.807) is 24.3 Å². The largest absolute Gasteiger partial charge is 0.457 e. The van der Waals surface area contributed by atoms with E-state index in [1.807, 2.05) is 74.5 Å². The SMILES string of the molecule is CC(C)C[C@H](NC(=O)OCc1ccccc1)C(=O)NC1CN(C(=O)c2ccc(Oc3ccccc3)cc2)CC1=O. The number of para-hydroxylation sites is 1. The maximum atomic E-state index is 13.1. The van der Waals surface area contributed by atoms with Gasteiger partial charge in [0.15, 0.2) is 5.78 Å². The lowest BCUT2D eigenvalue weighted by molar-refractivity contribution is -0.127. The minimum atomic E-state index is -0.891. The van der Waals surface area contributed by atoms with Crippen LogP contribution in [0.25, 0.3) is 0 Å². The third-order valence-corrected chi connectivity index (χ3v) is 6.35. The van der Waals surface area contributed by atoms with E-state index in [4.69, 9.17) is 9.47 Å². The zero-order valence-electron chi connectivity index (χ0n) is 22.5. The highest BCUT2D eigenvalue weighted by Crippen LogP contribution is 2.22. The maximum Gasteiger partial charge on any atom is 0.408 e. The number of hydrogen-bond donors (Lipinski definition) is 2. The van der Waals surface area contributed by atoms with Crippen LogP contribution in [0.3, 0.4) is 0 Å². The molecule has 0 spiro atoms. The van der Waals surface area contributed by atoms with Crippen molar-refractivity contribution in [3.8, 4) is 11.5 Å². The number of ketones is 1. The van der Waals surface area contributed by atoms with E-state index in [2.05, 4.69) is 10.6 Å². The van der Waals surface area contributed by atoms with Crippen molar-refractivity contribution in [1.82, 2.24) is 15.5 Å². The van der Waals surface area contributed by atoms with Crippen molar-refractivity contribution in [2.24, 2.45) is 5.92 Å². The number of rotatable bonds is 10. The molecule has 9 nitrogen and oxygen atoms in total. The molecule has 4 rings (SSSR count). The van der Waals surface area contributed by atoms with Gasteiger partial charge >= 0.3 is 6.09 Å². The van der Waals surface area contributed by atoms with Crippen LogP contribution in [0, 0.1) is 5.92 Å². The van der Waals surface area contributed by atoms with Crippen LogP contribution in [-0.2, 0) is 20.9 Å². The molecular formula is C31H33N3O6. The molecule has 208 valence electrons. The molecule has 0 aliphatic carbocycles. The first kappa shape index (κ1) is 28.4. The molecule has 40 heavy (non-hydrogen) atoms. The molecule has 1 saturated heterocycles. The normalized spacial score (nSPS) is 15.4. The van der Waals surface area contributed by atoms with Crippen LogP contribution in [0.2, 0.25) is 0 Å². The molecule has 2 atom stereocenters. The Bertz CT molecular complexity index is 1310. The summed E-state index contributed by atoms with van der Waals surface area (Å²) in [6.07, 6.45) is -0.369. The van der Waals surface area contributed by atoms with E-state index in [9.17, 15) is 19.2 Å². The zero-order chi connectivity index (χ0) is 28.5. The topological polar surface area (TPSA) is 114 Å². The number of Topliss-reactive ketones (excluding diaryl/α,β-unsaturated/α-hetero) is 1.